The number of ether oxygens (including phenoxy) is 2. The molecule has 0 saturated heterocycles. The van der Waals surface area contributed by atoms with Gasteiger partial charge in [-0.1, -0.05) is 12.1 Å². The van der Waals surface area contributed by atoms with E-state index in [-0.39, 0.29) is 11.5 Å². The van der Waals surface area contributed by atoms with E-state index in [9.17, 15) is 8.78 Å². The summed E-state index contributed by atoms with van der Waals surface area (Å²) < 4.78 is 39.4. The maximum atomic E-state index is 12.5. The van der Waals surface area contributed by atoms with Gasteiger partial charge < -0.3 is 19.2 Å². The maximum absolute atomic E-state index is 12.5. The molecule has 6 heteroatoms. The third-order valence-electron chi connectivity index (χ3n) is 2.71. The molecule has 108 valence electrons. The van der Waals surface area contributed by atoms with Crippen molar-refractivity contribution < 1.29 is 22.7 Å². The molecule has 0 aliphatic heterocycles. The van der Waals surface area contributed by atoms with Crippen LogP contribution >= 0.6 is 0 Å². The predicted molar refractivity (Wildman–Crippen MR) is 68.9 cm³/mol. The van der Waals surface area contributed by atoms with Crippen molar-refractivity contribution in [3.63, 3.8) is 0 Å². The first-order chi connectivity index (χ1) is 9.70. The quantitative estimate of drug-likeness (QED) is 0.847. The Labute approximate surface area is 115 Å². The molecule has 0 radical (unpaired) electrons. The minimum atomic E-state index is -2.89. The van der Waals surface area contributed by atoms with Gasteiger partial charge in [-0.3, -0.25) is 0 Å². The van der Waals surface area contributed by atoms with Gasteiger partial charge in [0.1, 0.15) is 0 Å². The smallest absolute Gasteiger partial charge is 0.387 e. The van der Waals surface area contributed by atoms with Crippen molar-refractivity contribution in [1.29, 1.82) is 0 Å². The molecule has 4 nitrogen and oxygen atoms in total. The predicted octanol–water partition coefficient (Wildman–Crippen LogP) is 3.18. The van der Waals surface area contributed by atoms with Crippen LogP contribution in [-0.2, 0) is 13.1 Å². The number of rotatable bonds is 7. The van der Waals surface area contributed by atoms with Crippen molar-refractivity contribution in [2.24, 2.45) is 0 Å². The SMILES string of the molecule is COc1cccc(CNCc2ccoc2)c1OC(F)F. The molecule has 0 unspecified atom stereocenters. The Balaban J connectivity index is 2.05. The van der Waals surface area contributed by atoms with E-state index in [1.54, 1.807) is 30.7 Å². The fourth-order valence-electron chi connectivity index (χ4n) is 1.82. The summed E-state index contributed by atoms with van der Waals surface area (Å²) in [5.41, 5.74) is 1.58. The Morgan fingerprint density at radius 1 is 1.25 bits per heavy atom. The minimum absolute atomic E-state index is 0.0599. The van der Waals surface area contributed by atoms with E-state index in [1.165, 1.54) is 7.11 Å². The first-order valence-electron chi connectivity index (χ1n) is 6.03. The highest BCUT2D eigenvalue weighted by molar-refractivity contribution is 5.46. The Hall–Kier alpha value is -2.08. The van der Waals surface area contributed by atoms with Gasteiger partial charge in [0.2, 0.25) is 0 Å². The monoisotopic (exact) mass is 283 g/mol. The number of hydrogen-bond acceptors (Lipinski definition) is 4. The first-order valence-corrected chi connectivity index (χ1v) is 6.03. The van der Waals surface area contributed by atoms with Crippen LogP contribution in [0.2, 0.25) is 0 Å². The Bertz CT molecular complexity index is 529. The Morgan fingerprint density at radius 2 is 2.10 bits per heavy atom. The van der Waals surface area contributed by atoms with Gasteiger partial charge in [0, 0.05) is 24.2 Å². The molecule has 0 spiro atoms. The third kappa shape index (κ3) is 3.71. The topological polar surface area (TPSA) is 43.6 Å². The number of methoxy groups -OCH3 is 1. The maximum Gasteiger partial charge on any atom is 0.387 e. The van der Waals surface area contributed by atoms with E-state index in [0.717, 1.165) is 5.56 Å². The first kappa shape index (κ1) is 14.3. The van der Waals surface area contributed by atoms with Crippen molar-refractivity contribution >= 4 is 0 Å². The second-order valence-corrected chi connectivity index (χ2v) is 4.06. The van der Waals surface area contributed by atoms with Gasteiger partial charge in [0.25, 0.3) is 0 Å². The molecule has 0 atom stereocenters. The fraction of sp³-hybridized carbons (Fsp3) is 0.286. The lowest BCUT2D eigenvalue weighted by molar-refractivity contribution is -0.0518. The second-order valence-electron chi connectivity index (χ2n) is 4.06. The van der Waals surface area contributed by atoms with Gasteiger partial charge in [-0.2, -0.15) is 8.78 Å². The van der Waals surface area contributed by atoms with Crippen molar-refractivity contribution in [3.05, 3.63) is 47.9 Å². The molecule has 20 heavy (non-hydrogen) atoms. The normalized spacial score (nSPS) is 10.8. The largest absolute Gasteiger partial charge is 0.493 e. The molecule has 0 aliphatic carbocycles. The fourth-order valence-corrected chi connectivity index (χ4v) is 1.82. The van der Waals surface area contributed by atoms with Gasteiger partial charge in [-0.25, -0.2) is 0 Å². The average Bonchev–Trinajstić information content (AvgIpc) is 2.93. The standard InChI is InChI=1S/C14H15F2NO3/c1-18-12-4-2-3-11(13(12)20-14(15)16)8-17-7-10-5-6-19-9-10/h2-6,9,14,17H,7-8H2,1H3. The van der Waals surface area contributed by atoms with Gasteiger partial charge >= 0.3 is 6.61 Å². The summed E-state index contributed by atoms with van der Waals surface area (Å²) in [5, 5.41) is 3.13. The lowest BCUT2D eigenvalue weighted by Gasteiger charge is -2.14. The zero-order valence-electron chi connectivity index (χ0n) is 10.9. The van der Waals surface area contributed by atoms with E-state index >= 15 is 0 Å². The molecule has 1 N–H and O–H groups in total. The highest BCUT2D eigenvalue weighted by Gasteiger charge is 2.14. The number of hydrogen-bond donors (Lipinski definition) is 1. The third-order valence-corrected chi connectivity index (χ3v) is 2.71. The molecular weight excluding hydrogens is 268 g/mol. The summed E-state index contributed by atoms with van der Waals surface area (Å²) in [6.45, 7) is -1.94. The van der Waals surface area contributed by atoms with Crippen LogP contribution in [-0.4, -0.2) is 13.7 Å². The van der Waals surface area contributed by atoms with Crippen molar-refractivity contribution in [2.75, 3.05) is 7.11 Å². The average molecular weight is 283 g/mol. The summed E-state index contributed by atoms with van der Waals surface area (Å²) in [4.78, 5) is 0. The van der Waals surface area contributed by atoms with Gasteiger partial charge in [-0.05, 0) is 12.1 Å². The van der Waals surface area contributed by atoms with Gasteiger partial charge in [0.05, 0.1) is 19.6 Å². The number of benzene rings is 1. The lowest BCUT2D eigenvalue weighted by atomic mass is 10.2. The Morgan fingerprint density at radius 3 is 2.75 bits per heavy atom. The van der Waals surface area contributed by atoms with Crippen LogP contribution < -0.4 is 14.8 Å². The molecule has 1 aromatic carbocycles. The number of nitrogens with one attached hydrogen (secondary N) is 1. The minimum Gasteiger partial charge on any atom is -0.493 e. The molecule has 0 fully saturated rings. The van der Waals surface area contributed by atoms with E-state index in [1.807, 2.05) is 6.07 Å². The van der Waals surface area contributed by atoms with Crippen molar-refractivity contribution in [1.82, 2.24) is 5.32 Å². The Kier molecular flexibility index (Phi) is 4.95. The molecule has 2 rings (SSSR count). The zero-order valence-corrected chi connectivity index (χ0v) is 10.9. The van der Waals surface area contributed by atoms with Crippen LogP contribution in [0.1, 0.15) is 11.1 Å². The summed E-state index contributed by atoms with van der Waals surface area (Å²) in [7, 11) is 1.41. The van der Waals surface area contributed by atoms with Crippen LogP contribution in [0.3, 0.4) is 0 Å². The summed E-state index contributed by atoms with van der Waals surface area (Å²) in [5.74, 6) is 0.345. The highest BCUT2D eigenvalue weighted by Crippen LogP contribution is 2.32. The number of halogens is 2. The molecule has 0 saturated carbocycles. The number of alkyl halides is 2. The molecule has 0 amide bonds. The van der Waals surface area contributed by atoms with E-state index in [2.05, 4.69) is 10.1 Å². The molecule has 0 aliphatic rings. The molecule has 1 heterocycles. The molecular formula is C14H15F2NO3. The highest BCUT2D eigenvalue weighted by atomic mass is 19.3. The molecule has 1 aromatic heterocycles. The number of furan rings is 1. The molecule has 2 aromatic rings. The van der Waals surface area contributed by atoms with Crippen LogP contribution in [0.4, 0.5) is 8.78 Å². The zero-order chi connectivity index (χ0) is 14.4. The van der Waals surface area contributed by atoms with E-state index in [0.29, 0.717) is 18.7 Å². The number of para-hydroxylation sites is 1. The summed E-state index contributed by atoms with van der Waals surface area (Å²) >= 11 is 0. The van der Waals surface area contributed by atoms with Crippen molar-refractivity contribution in [3.8, 4) is 11.5 Å². The summed E-state index contributed by atoms with van der Waals surface area (Å²) in [6, 6.07) is 6.85. The molecule has 0 bridgehead atoms. The van der Waals surface area contributed by atoms with Crippen molar-refractivity contribution in [2.45, 2.75) is 19.7 Å². The summed E-state index contributed by atoms with van der Waals surface area (Å²) in [6.07, 6.45) is 3.20. The van der Waals surface area contributed by atoms with Gasteiger partial charge in [0.15, 0.2) is 11.5 Å². The van der Waals surface area contributed by atoms with Crippen LogP contribution in [0.5, 0.6) is 11.5 Å². The van der Waals surface area contributed by atoms with Crippen LogP contribution in [0, 0.1) is 0 Å². The van der Waals surface area contributed by atoms with Crippen LogP contribution in [0.25, 0.3) is 0 Å². The lowest BCUT2D eigenvalue weighted by Crippen LogP contribution is -2.14. The van der Waals surface area contributed by atoms with E-state index < -0.39 is 6.61 Å². The van der Waals surface area contributed by atoms with Gasteiger partial charge in [-0.15, -0.1) is 0 Å². The van der Waals surface area contributed by atoms with Crippen LogP contribution in [0.15, 0.2) is 41.2 Å². The second kappa shape index (κ2) is 6.91. The van der Waals surface area contributed by atoms with E-state index in [4.69, 9.17) is 9.15 Å².